The Labute approximate surface area is 148 Å². The van der Waals surface area contributed by atoms with E-state index in [9.17, 15) is 9.59 Å². The average molecular weight is 334 g/mol. The lowest BCUT2D eigenvalue weighted by atomic mass is 9.97. The van der Waals surface area contributed by atoms with Gasteiger partial charge < -0.3 is 9.80 Å². The van der Waals surface area contributed by atoms with Crippen LogP contribution in [-0.2, 0) is 0 Å². The lowest BCUT2D eigenvalue weighted by Gasteiger charge is -2.21. The molecule has 2 aromatic rings. The summed E-state index contributed by atoms with van der Waals surface area (Å²) in [4.78, 5) is 30.2. The molecule has 2 aliphatic heterocycles. The van der Waals surface area contributed by atoms with Gasteiger partial charge in [-0.1, -0.05) is 48.5 Å². The maximum absolute atomic E-state index is 13.1. The molecule has 4 nitrogen and oxygen atoms in total. The van der Waals surface area contributed by atoms with Crippen molar-refractivity contribution in [2.75, 3.05) is 26.7 Å². The summed E-state index contributed by atoms with van der Waals surface area (Å²) < 4.78 is 0. The molecular weight excluding hydrogens is 312 g/mol. The molecule has 0 aromatic heterocycles. The van der Waals surface area contributed by atoms with Crippen molar-refractivity contribution in [1.29, 1.82) is 0 Å². The Morgan fingerprint density at radius 2 is 1.60 bits per heavy atom. The Morgan fingerprint density at radius 1 is 0.920 bits per heavy atom. The summed E-state index contributed by atoms with van der Waals surface area (Å²) >= 11 is 0. The Hall–Kier alpha value is -2.46. The molecule has 128 valence electrons. The summed E-state index contributed by atoms with van der Waals surface area (Å²) in [6.45, 7) is 2.66. The van der Waals surface area contributed by atoms with Crippen LogP contribution in [0.1, 0.15) is 32.7 Å². The number of benzene rings is 2. The van der Waals surface area contributed by atoms with E-state index in [1.807, 2.05) is 35.2 Å². The highest BCUT2D eigenvalue weighted by atomic mass is 16.2. The summed E-state index contributed by atoms with van der Waals surface area (Å²) in [5, 5.41) is 0. The monoisotopic (exact) mass is 334 g/mol. The zero-order chi connectivity index (χ0) is 17.4. The van der Waals surface area contributed by atoms with E-state index < -0.39 is 0 Å². The smallest absolute Gasteiger partial charge is 0.254 e. The first-order chi connectivity index (χ1) is 12.1. The molecule has 25 heavy (non-hydrogen) atoms. The van der Waals surface area contributed by atoms with Gasteiger partial charge in [0.15, 0.2) is 5.78 Å². The summed E-state index contributed by atoms with van der Waals surface area (Å²) in [7, 11) is 2.13. The van der Waals surface area contributed by atoms with Crippen molar-refractivity contribution in [1.82, 2.24) is 9.80 Å². The molecule has 0 radical (unpaired) electrons. The zero-order valence-corrected chi connectivity index (χ0v) is 14.4. The van der Waals surface area contributed by atoms with Gasteiger partial charge in [-0.05, 0) is 32.0 Å². The van der Waals surface area contributed by atoms with Crippen LogP contribution in [0.4, 0.5) is 0 Å². The first-order valence-corrected chi connectivity index (χ1v) is 8.83. The van der Waals surface area contributed by atoms with Gasteiger partial charge in [0.1, 0.15) is 0 Å². The Bertz CT molecular complexity index is 803. The third-order valence-electron chi connectivity index (χ3n) is 5.55. The minimum absolute atomic E-state index is 0.0253. The standard InChI is InChI=1S/C21H22N2O2/c1-22-12-11-16-13-23(14-19(16)22)21(25)18-10-6-5-9-17(18)20(24)15-7-3-2-4-8-15/h2-10,16,19H,11-14H2,1H3/t16-,19+/m1/s1. The topological polar surface area (TPSA) is 40.6 Å². The number of rotatable bonds is 3. The predicted molar refractivity (Wildman–Crippen MR) is 96.7 cm³/mol. The number of hydrogen-bond donors (Lipinski definition) is 0. The van der Waals surface area contributed by atoms with Gasteiger partial charge in [0.05, 0.1) is 5.56 Å². The van der Waals surface area contributed by atoms with Gasteiger partial charge in [0.25, 0.3) is 5.91 Å². The minimum Gasteiger partial charge on any atom is -0.337 e. The van der Waals surface area contributed by atoms with Gasteiger partial charge >= 0.3 is 0 Å². The fourth-order valence-electron chi connectivity index (χ4n) is 4.12. The van der Waals surface area contributed by atoms with Crippen LogP contribution in [0, 0.1) is 5.92 Å². The average Bonchev–Trinajstić information content (AvgIpc) is 3.23. The molecule has 2 fully saturated rings. The number of ketones is 1. The molecule has 2 aliphatic rings. The molecule has 0 N–H and O–H groups in total. The van der Waals surface area contributed by atoms with Gasteiger partial charge in [-0.2, -0.15) is 0 Å². The molecular formula is C21H22N2O2. The van der Waals surface area contributed by atoms with Crippen LogP contribution >= 0.6 is 0 Å². The number of carbonyl (C=O) groups is 2. The number of likely N-dealkylation sites (tertiary alicyclic amines) is 2. The fourth-order valence-corrected chi connectivity index (χ4v) is 4.12. The maximum Gasteiger partial charge on any atom is 0.254 e. The lowest BCUT2D eigenvalue weighted by molar-refractivity contribution is 0.0770. The van der Waals surface area contributed by atoms with E-state index >= 15 is 0 Å². The second-order valence-corrected chi connectivity index (χ2v) is 7.05. The number of likely N-dealkylation sites (N-methyl/N-ethyl adjacent to an activating group) is 1. The second kappa shape index (κ2) is 6.45. The summed E-state index contributed by atoms with van der Waals surface area (Å²) in [6.07, 6.45) is 1.15. The SMILES string of the molecule is CN1CC[C@@H]2CN(C(=O)c3ccccc3C(=O)c3ccccc3)C[C@@H]21. The first-order valence-electron chi connectivity index (χ1n) is 8.83. The molecule has 0 aliphatic carbocycles. The Balaban J connectivity index is 1.61. The lowest BCUT2D eigenvalue weighted by Crippen LogP contribution is -2.35. The molecule has 0 spiro atoms. The summed E-state index contributed by atoms with van der Waals surface area (Å²) in [6, 6.07) is 16.8. The fraction of sp³-hybridized carbons (Fsp3) is 0.333. The normalized spacial score (nSPS) is 22.8. The van der Waals surface area contributed by atoms with Crippen LogP contribution < -0.4 is 0 Å². The van der Waals surface area contributed by atoms with E-state index in [2.05, 4.69) is 11.9 Å². The molecule has 0 saturated carbocycles. The maximum atomic E-state index is 13.1. The number of hydrogen-bond acceptors (Lipinski definition) is 3. The number of amides is 1. The quantitative estimate of drug-likeness (QED) is 0.811. The van der Waals surface area contributed by atoms with Crippen molar-refractivity contribution in [3.8, 4) is 0 Å². The molecule has 2 atom stereocenters. The molecule has 0 bridgehead atoms. The zero-order valence-electron chi connectivity index (χ0n) is 14.4. The van der Waals surface area contributed by atoms with Gasteiger partial charge in [0.2, 0.25) is 0 Å². The van der Waals surface area contributed by atoms with E-state index in [4.69, 9.17) is 0 Å². The number of carbonyl (C=O) groups excluding carboxylic acids is 2. The highest BCUT2D eigenvalue weighted by molar-refractivity contribution is 6.15. The molecule has 2 aromatic carbocycles. The van der Waals surface area contributed by atoms with E-state index in [1.54, 1.807) is 24.3 Å². The van der Waals surface area contributed by atoms with Gasteiger partial charge in [0, 0.05) is 30.3 Å². The van der Waals surface area contributed by atoms with E-state index in [0.29, 0.717) is 28.7 Å². The van der Waals surface area contributed by atoms with Gasteiger partial charge in [-0.3, -0.25) is 9.59 Å². The molecule has 4 heteroatoms. The number of fused-ring (bicyclic) bond motifs is 1. The van der Waals surface area contributed by atoms with Crippen molar-refractivity contribution in [2.45, 2.75) is 12.5 Å². The van der Waals surface area contributed by atoms with E-state index in [0.717, 1.165) is 26.1 Å². The second-order valence-electron chi connectivity index (χ2n) is 7.05. The molecule has 4 rings (SSSR count). The Kier molecular flexibility index (Phi) is 4.14. The van der Waals surface area contributed by atoms with Crippen LogP contribution in [0.3, 0.4) is 0 Å². The third-order valence-corrected chi connectivity index (χ3v) is 5.55. The van der Waals surface area contributed by atoms with Crippen LogP contribution in [0.25, 0.3) is 0 Å². The molecule has 0 unspecified atom stereocenters. The Morgan fingerprint density at radius 3 is 2.32 bits per heavy atom. The van der Waals surface area contributed by atoms with Crippen molar-refractivity contribution >= 4 is 11.7 Å². The van der Waals surface area contributed by atoms with Crippen molar-refractivity contribution in [3.63, 3.8) is 0 Å². The van der Waals surface area contributed by atoms with Crippen molar-refractivity contribution in [2.24, 2.45) is 5.92 Å². The van der Waals surface area contributed by atoms with Gasteiger partial charge in [-0.15, -0.1) is 0 Å². The van der Waals surface area contributed by atoms with Crippen molar-refractivity contribution in [3.05, 3.63) is 71.3 Å². The van der Waals surface area contributed by atoms with Crippen molar-refractivity contribution < 1.29 is 9.59 Å². The molecule has 2 heterocycles. The van der Waals surface area contributed by atoms with Crippen LogP contribution in [0.15, 0.2) is 54.6 Å². The van der Waals surface area contributed by atoms with Crippen LogP contribution in [0.2, 0.25) is 0 Å². The van der Waals surface area contributed by atoms with E-state index in [1.165, 1.54) is 0 Å². The van der Waals surface area contributed by atoms with Crippen LogP contribution in [-0.4, -0.2) is 54.2 Å². The highest BCUT2D eigenvalue weighted by Gasteiger charge is 2.41. The molecule has 2 saturated heterocycles. The first kappa shape index (κ1) is 16.0. The highest BCUT2D eigenvalue weighted by Crippen LogP contribution is 2.31. The largest absolute Gasteiger partial charge is 0.337 e. The van der Waals surface area contributed by atoms with Gasteiger partial charge in [-0.25, -0.2) is 0 Å². The summed E-state index contributed by atoms with van der Waals surface area (Å²) in [5.41, 5.74) is 1.61. The minimum atomic E-state index is -0.0962. The predicted octanol–water partition coefficient (Wildman–Crippen LogP) is 2.69. The van der Waals surface area contributed by atoms with E-state index in [-0.39, 0.29) is 11.7 Å². The molecule has 1 amide bonds. The van der Waals surface area contributed by atoms with Crippen LogP contribution in [0.5, 0.6) is 0 Å². The third kappa shape index (κ3) is 2.87. The number of nitrogens with zero attached hydrogens (tertiary/aromatic N) is 2. The summed E-state index contributed by atoms with van der Waals surface area (Å²) in [5.74, 6) is 0.440.